The molecule has 0 bridgehead atoms. The number of amides is 2. The van der Waals surface area contributed by atoms with E-state index in [9.17, 15) is 9.59 Å². The molecule has 2 heterocycles. The quantitative estimate of drug-likeness (QED) is 0.753. The minimum atomic E-state index is -0.159. The standard InChI is InChI=1S/C22H21N3O3/c1-24(2)19-5-3-4-16(13-19)21(26)23-18-6-7-20-15(12-18)8-10-25(20)22(27)17-9-11-28-14-17/h3-7,9,11-14H,8,10H2,1-2H3,(H,23,26). The van der Waals surface area contributed by atoms with E-state index in [-0.39, 0.29) is 11.8 Å². The van der Waals surface area contributed by atoms with Crippen molar-refractivity contribution in [3.05, 3.63) is 77.7 Å². The first kappa shape index (κ1) is 17.9. The van der Waals surface area contributed by atoms with Crippen LogP contribution in [0.3, 0.4) is 0 Å². The Hall–Kier alpha value is -3.54. The lowest BCUT2D eigenvalue weighted by Gasteiger charge is -2.17. The Morgan fingerprint density at radius 1 is 1.07 bits per heavy atom. The van der Waals surface area contributed by atoms with Crippen molar-refractivity contribution in [1.29, 1.82) is 0 Å². The number of rotatable bonds is 4. The molecular formula is C22H21N3O3. The number of nitrogens with one attached hydrogen (secondary N) is 1. The van der Waals surface area contributed by atoms with Crippen LogP contribution in [0.4, 0.5) is 17.1 Å². The average Bonchev–Trinajstić information content (AvgIpc) is 3.37. The number of fused-ring (bicyclic) bond motifs is 1. The van der Waals surface area contributed by atoms with Crippen LogP contribution >= 0.6 is 0 Å². The molecule has 1 aromatic heterocycles. The molecule has 0 fully saturated rings. The molecule has 0 atom stereocenters. The van der Waals surface area contributed by atoms with E-state index < -0.39 is 0 Å². The minimum Gasteiger partial charge on any atom is -0.472 e. The summed E-state index contributed by atoms with van der Waals surface area (Å²) in [5.74, 6) is -0.238. The van der Waals surface area contributed by atoms with Crippen LogP contribution in [0, 0.1) is 0 Å². The van der Waals surface area contributed by atoms with Crippen molar-refractivity contribution >= 4 is 28.9 Å². The lowest BCUT2D eigenvalue weighted by molar-refractivity contribution is 0.0987. The van der Waals surface area contributed by atoms with Crippen LogP contribution in [0.2, 0.25) is 0 Å². The normalized spacial score (nSPS) is 12.6. The predicted molar refractivity (Wildman–Crippen MR) is 109 cm³/mol. The maximum absolute atomic E-state index is 12.6. The van der Waals surface area contributed by atoms with Crippen molar-refractivity contribution in [3.8, 4) is 0 Å². The Labute approximate surface area is 163 Å². The number of carbonyl (C=O) groups is 2. The van der Waals surface area contributed by atoms with E-state index in [4.69, 9.17) is 4.42 Å². The molecule has 0 spiro atoms. The molecule has 2 aromatic carbocycles. The smallest absolute Gasteiger partial charge is 0.261 e. The molecule has 2 amide bonds. The van der Waals surface area contributed by atoms with E-state index in [1.54, 1.807) is 17.0 Å². The number of hydrogen-bond acceptors (Lipinski definition) is 4. The topological polar surface area (TPSA) is 65.8 Å². The first-order valence-corrected chi connectivity index (χ1v) is 9.08. The van der Waals surface area contributed by atoms with Crippen LogP contribution in [0.5, 0.6) is 0 Å². The largest absolute Gasteiger partial charge is 0.472 e. The number of hydrogen-bond donors (Lipinski definition) is 1. The van der Waals surface area contributed by atoms with E-state index in [0.29, 0.717) is 17.7 Å². The van der Waals surface area contributed by atoms with E-state index in [0.717, 1.165) is 29.0 Å². The first-order chi connectivity index (χ1) is 13.5. The van der Waals surface area contributed by atoms with Crippen LogP contribution in [0.25, 0.3) is 0 Å². The highest BCUT2D eigenvalue weighted by Gasteiger charge is 2.26. The fourth-order valence-electron chi connectivity index (χ4n) is 3.36. The monoisotopic (exact) mass is 375 g/mol. The van der Waals surface area contributed by atoms with Crippen molar-refractivity contribution in [2.45, 2.75) is 6.42 Å². The highest BCUT2D eigenvalue weighted by molar-refractivity contribution is 6.08. The van der Waals surface area contributed by atoms with Gasteiger partial charge in [0.25, 0.3) is 11.8 Å². The Morgan fingerprint density at radius 2 is 1.93 bits per heavy atom. The van der Waals surface area contributed by atoms with Gasteiger partial charge in [-0.25, -0.2) is 0 Å². The van der Waals surface area contributed by atoms with E-state index in [1.807, 2.05) is 55.4 Å². The Bertz CT molecular complexity index is 1030. The lowest BCUT2D eigenvalue weighted by Crippen LogP contribution is -2.28. The van der Waals surface area contributed by atoms with Crippen molar-refractivity contribution in [2.75, 3.05) is 35.8 Å². The second-order valence-corrected chi connectivity index (χ2v) is 6.96. The predicted octanol–water partition coefficient (Wildman–Crippen LogP) is 3.80. The van der Waals surface area contributed by atoms with Crippen molar-refractivity contribution in [3.63, 3.8) is 0 Å². The summed E-state index contributed by atoms with van der Waals surface area (Å²) >= 11 is 0. The molecule has 1 aliphatic heterocycles. The Morgan fingerprint density at radius 3 is 2.68 bits per heavy atom. The zero-order chi connectivity index (χ0) is 19.7. The molecular weight excluding hydrogens is 354 g/mol. The van der Waals surface area contributed by atoms with E-state index in [1.165, 1.54) is 12.5 Å². The summed E-state index contributed by atoms with van der Waals surface area (Å²) in [6, 6.07) is 14.8. The van der Waals surface area contributed by atoms with Gasteiger partial charge in [-0.05, 0) is 54.4 Å². The summed E-state index contributed by atoms with van der Waals surface area (Å²) in [5.41, 5.74) is 4.73. The number of furan rings is 1. The fraction of sp³-hybridized carbons (Fsp3) is 0.182. The van der Waals surface area contributed by atoms with Crippen LogP contribution < -0.4 is 15.1 Å². The number of anilines is 3. The number of carbonyl (C=O) groups excluding carboxylic acids is 2. The summed E-state index contributed by atoms with van der Waals surface area (Å²) in [6.07, 6.45) is 3.70. The average molecular weight is 375 g/mol. The van der Waals surface area contributed by atoms with Gasteiger partial charge in [0, 0.05) is 43.3 Å². The molecule has 0 radical (unpaired) electrons. The third-order valence-corrected chi connectivity index (χ3v) is 4.87. The Kier molecular flexibility index (Phi) is 4.61. The molecule has 0 saturated heterocycles. The molecule has 0 aliphatic carbocycles. The van der Waals surface area contributed by atoms with Crippen molar-refractivity contribution < 1.29 is 14.0 Å². The minimum absolute atomic E-state index is 0.0789. The van der Waals surface area contributed by atoms with Gasteiger partial charge < -0.3 is 19.5 Å². The van der Waals surface area contributed by atoms with E-state index >= 15 is 0 Å². The zero-order valence-electron chi connectivity index (χ0n) is 15.8. The highest BCUT2D eigenvalue weighted by atomic mass is 16.3. The van der Waals surface area contributed by atoms with Gasteiger partial charge in [0.2, 0.25) is 0 Å². The summed E-state index contributed by atoms with van der Waals surface area (Å²) in [7, 11) is 3.88. The molecule has 1 aliphatic rings. The van der Waals surface area contributed by atoms with Crippen LogP contribution in [-0.2, 0) is 6.42 Å². The fourth-order valence-corrected chi connectivity index (χ4v) is 3.36. The van der Waals surface area contributed by atoms with Crippen LogP contribution in [-0.4, -0.2) is 32.5 Å². The zero-order valence-corrected chi connectivity index (χ0v) is 15.8. The molecule has 3 aromatic rings. The summed E-state index contributed by atoms with van der Waals surface area (Å²) in [4.78, 5) is 28.9. The summed E-state index contributed by atoms with van der Waals surface area (Å²) < 4.78 is 5.01. The Balaban J connectivity index is 1.51. The van der Waals surface area contributed by atoms with E-state index in [2.05, 4.69) is 5.32 Å². The van der Waals surface area contributed by atoms with Gasteiger partial charge in [0.05, 0.1) is 11.8 Å². The summed E-state index contributed by atoms with van der Waals surface area (Å²) in [5, 5.41) is 2.95. The highest BCUT2D eigenvalue weighted by Crippen LogP contribution is 2.32. The van der Waals surface area contributed by atoms with Gasteiger partial charge in [-0.2, -0.15) is 0 Å². The third kappa shape index (κ3) is 3.36. The SMILES string of the molecule is CN(C)c1cccc(C(=O)Nc2ccc3c(c2)CCN3C(=O)c2ccoc2)c1. The van der Waals surface area contributed by atoms with Crippen molar-refractivity contribution in [1.82, 2.24) is 0 Å². The molecule has 4 rings (SSSR count). The summed E-state index contributed by atoms with van der Waals surface area (Å²) in [6.45, 7) is 0.613. The molecule has 0 saturated carbocycles. The molecule has 142 valence electrons. The van der Waals surface area contributed by atoms with Crippen LogP contribution in [0.15, 0.2) is 65.5 Å². The van der Waals surface area contributed by atoms with Gasteiger partial charge in [0.1, 0.15) is 6.26 Å². The molecule has 6 heteroatoms. The number of benzene rings is 2. The lowest BCUT2D eigenvalue weighted by atomic mass is 10.1. The van der Waals surface area contributed by atoms with Gasteiger partial charge in [-0.15, -0.1) is 0 Å². The molecule has 0 unspecified atom stereocenters. The third-order valence-electron chi connectivity index (χ3n) is 4.87. The first-order valence-electron chi connectivity index (χ1n) is 9.08. The molecule has 6 nitrogen and oxygen atoms in total. The number of nitrogens with zero attached hydrogens (tertiary/aromatic N) is 2. The van der Waals surface area contributed by atoms with Gasteiger partial charge in [-0.3, -0.25) is 9.59 Å². The van der Waals surface area contributed by atoms with Gasteiger partial charge in [-0.1, -0.05) is 6.07 Å². The van der Waals surface area contributed by atoms with Crippen molar-refractivity contribution in [2.24, 2.45) is 0 Å². The molecule has 28 heavy (non-hydrogen) atoms. The second kappa shape index (κ2) is 7.23. The second-order valence-electron chi connectivity index (χ2n) is 6.96. The van der Waals surface area contributed by atoms with Crippen LogP contribution in [0.1, 0.15) is 26.3 Å². The molecule has 1 N–H and O–H groups in total. The van der Waals surface area contributed by atoms with Gasteiger partial charge >= 0.3 is 0 Å². The van der Waals surface area contributed by atoms with Gasteiger partial charge in [0.15, 0.2) is 0 Å². The maximum atomic E-state index is 12.6. The maximum Gasteiger partial charge on any atom is 0.261 e.